The lowest BCUT2D eigenvalue weighted by Gasteiger charge is -2.14. The smallest absolute Gasteiger partial charge is 0.269 e. The van der Waals surface area contributed by atoms with Crippen LogP contribution in [-0.2, 0) is 13.2 Å². The SMILES string of the molecule is COc1cc(/C=C(/C#N)Cn2cnc3ccccc32)cc(Br)c1OCc1ccc([N+](=O)[O-])cc1. The number of imidazole rings is 1. The minimum absolute atomic E-state index is 0.0237. The third-order valence-electron chi connectivity index (χ3n) is 5.13. The zero-order valence-electron chi connectivity index (χ0n) is 18.1. The minimum Gasteiger partial charge on any atom is -0.493 e. The maximum absolute atomic E-state index is 10.8. The Morgan fingerprint density at radius 1 is 1.24 bits per heavy atom. The standard InChI is InChI=1S/C25H19BrN4O4/c1-33-24-12-18(10-19(13-27)14-29-16-28-22-4-2-3-5-23(22)29)11-21(26)25(24)34-15-17-6-8-20(9-7-17)30(31)32/h2-12,16H,14-15H2,1H3/b19-10-. The van der Waals surface area contributed by atoms with E-state index in [0.717, 1.165) is 22.2 Å². The average Bonchev–Trinajstić information content (AvgIpc) is 3.25. The first-order chi connectivity index (χ1) is 16.5. The summed E-state index contributed by atoms with van der Waals surface area (Å²) >= 11 is 3.53. The Morgan fingerprint density at radius 2 is 2.00 bits per heavy atom. The lowest BCUT2D eigenvalue weighted by atomic mass is 10.1. The molecule has 0 aliphatic heterocycles. The highest BCUT2D eigenvalue weighted by atomic mass is 79.9. The van der Waals surface area contributed by atoms with Gasteiger partial charge in [0.25, 0.3) is 5.69 Å². The van der Waals surface area contributed by atoms with E-state index in [0.29, 0.717) is 28.1 Å². The van der Waals surface area contributed by atoms with E-state index in [9.17, 15) is 15.4 Å². The number of fused-ring (bicyclic) bond motifs is 1. The van der Waals surface area contributed by atoms with Gasteiger partial charge in [0.2, 0.25) is 0 Å². The van der Waals surface area contributed by atoms with Gasteiger partial charge < -0.3 is 14.0 Å². The Hall–Kier alpha value is -4.16. The number of para-hydroxylation sites is 2. The normalized spacial score (nSPS) is 11.3. The number of rotatable bonds is 8. The molecule has 1 heterocycles. The quantitative estimate of drug-likeness (QED) is 0.163. The molecule has 0 saturated carbocycles. The lowest BCUT2D eigenvalue weighted by Crippen LogP contribution is -2.00. The van der Waals surface area contributed by atoms with Crippen LogP contribution in [0.2, 0.25) is 0 Å². The van der Waals surface area contributed by atoms with Crippen LogP contribution in [0.4, 0.5) is 5.69 Å². The number of aromatic nitrogens is 2. The van der Waals surface area contributed by atoms with Crippen molar-refractivity contribution < 1.29 is 14.4 Å². The van der Waals surface area contributed by atoms with E-state index in [2.05, 4.69) is 27.0 Å². The molecule has 0 radical (unpaired) electrons. The van der Waals surface area contributed by atoms with Crippen LogP contribution in [0, 0.1) is 21.4 Å². The summed E-state index contributed by atoms with van der Waals surface area (Å²) in [6, 6.07) is 19.8. The van der Waals surface area contributed by atoms with Gasteiger partial charge in [-0.2, -0.15) is 5.26 Å². The Labute approximate surface area is 204 Å². The van der Waals surface area contributed by atoms with E-state index in [1.807, 2.05) is 34.9 Å². The molecule has 0 aliphatic rings. The van der Waals surface area contributed by atoms with E-state index in [-0.39, 0.29) is 12.3 Å². The summed E-state index contributed by atoms with van der Waals surface area (Å²) in [6.07, 6.45) is 3.52. The van der Waals surface area contributed by atoms with E-state index >= 15 is 0 Å². The number of benzene rings is 3. The largest absolute Gasteiger partial charge is 0.493 e. The molecule has 8 nitrogen and oxygen atoms in total. The Kier molecular flexibility index (Phi) is 6.90. The van der Waals surface area contributed by atoms with Crippen LogP contribution in [-0.4, -0.2) is 21.6 Å². The van der Waals surface area contributed by atoms with Crippen molar-refractivity contribution in [2.24, 2.45) is 0 Å². The summed E-state index contributed by atoms with van der Waals surface area (Å²) < 4.78 is 14.0. The zero-order chi connectivity index (χ0) is 24.1. The maximum atomic E-state index is 10.8. The molecule has 3 aromatic carbocycles. The number of nitrogens with zero attached hydrogens (tertiary/aromatic N) is 4. The second-order valence-electron chi connectivity index (χ2n) is 7.39. The molecule has 0 fully saturated rings. The van der Waals surface area contributed by atoms with E-state index in [1.54, 1.807) is 30.6 Å². The highest BCUT2D eigenvalue weighted by molar-refractivity contribution is 9.10. The van der Waals surface area contributed by atoms with Crippen LogP contribution in [0.5, 0.6) is 11.5 Å². The van der Waals surface area contributed by atoms with Crippen LogP contribution >= 0.6 is 15.9 Å². The van der Waals surface area contributed by atoms with Crippen molar-refractivity contribution in [2.45, 2.75) is 13.2 Å². The highest BCUT2D eigenvalue weighted by Crippen LogP contribution is 2.38. The van der Waals surface area contributed by atoms with Crippen LogP contribution in [0.25, 0.3) is 17.1 Å². The fourth-order valence-electron chi connectivity index (χ4n) is 3.47. The number of nitriles is 1. The van der Waals surface area contributed by atoms with Gasteiger partial charge in [-0.15, -0.1) is 0 Å². The third kappa shape index (κ3) is 5.08. The molecular formula is C25H19BrN4O4. The van der Waals surface area contributed by atoms with Gasteiger partial charge in [0.05, 0.1) is 46.5 Å². The molecule has 4 aromatic rings. The monoisotopic (exact) mass is 518 g/mol. The van der Waals surface area contributed by atoms with Crippen molar-refractivity contribution in [2.75, 3.05) is 7.11 Å². The van der Waals surface area contributed by atoms with Gasteiger partial charge in [0.15, 0.2) is 11.5 Å². The fraction of sp³-hybridized carbons (Fsp3) is 0.120. The molecule has 0 N–H and O–H groups in total. The molecule has 1 aromatic heterocycles. The number of hydrogen-bond acceptors (Lipinski definition) is 6. The number of ether oxygens (including phenoxy) is 2. The van der Waals surface area contributed by atoms with Crippen molar-refractivity contribution in [3.8, 4) is 17.6 Å². The summed E-state index contributed by atoms with van der Waals surface area (Å²) in [5, 5.41) is 20.5. The summed E-state index contributed by atoms with van der Waals surface area (Å²) in [5.74, 6) is 0.991. The molecule has 0 bridgehead atoms. The number of halogens is 1. The van der Waals surface area contributed by atoms with Gasteiger partial charge in [-0.25, -0.2) is 4.98 Å². The molecule has 0 spiro atoms. The molecule has 0 aliphatic carbocycles. The van der Waals surface area contributed by atoms with Gasteiger partial charge in [0.1, 0.15) is 6.61 Å². The molecule has 170 valence electrons. The predicted octanol–water partition coefficient (Wildman–Crippen LogP) is 5.90. The second kappa shape index (κ2) is 10.2. The first-order valence-electron chi connectivity index (χ1n) is 10.2. The number of nitro benzene ring substituents is 1. The van der Waals surface area contributed by atoms with Gasteiger partial charge in [0, 0.05) is 17.7 Å². The van der Waals surface area contributed by atoms with Gasteiger partial charge in [-0.3, -0.25) is 10.1 Å². The Morgan fingerprint density at radius 3 is 2.71 bits per heavy atom. The first-order valence-corrected chi connectivity index (χ1v) is 11.0. The molecule has 9 heteroatoms. The third-order valence-corrected chi connectivity index (χ3v) is 5.72. The molecular weight excluding hydrogens is 500 g/mol. The van der Waals surface area contributed by atoms with E-state index in [1.165, 1.54) is 19.2 Å². The van der Waals surface area contributed by atoms with Crippen molar-refractivity contribution in [3.63, 3.8) is 0 Å². The molecule has 34 heavy (non-hydrogen) atoms. The summed E-state index contributed by atoms with van der Waals surface area (Å²) in [5.41, 5.74) is 3.96. The Balaban J connectivity index is 1.54. The van der Waals surface area contributed by atoms with Gasteiger partial charge in [-0.05, 0) is 69.5 Å². The summed E-state index contributed by atoms with van der Waals surface area (Å²) in [7, 11) is 1.54. The van der Waals surface area contributed by atoms with Gasteiger partial charge in [-0.1, -0.05) is 12.1 Å². The highest BCUT2D eigenvalue weighted by Gasteiger charge is 2.13. The summed E-state index contributed by atoms with van der Waals surface area (Å²) in [6.45, 7) is 0.592. The van der Waals surface area contributed by atoms with E-state index in [4.69, 9.17) is 9.47 Å². The maximum Gasteiger partial charge on any atom is 0.269 e. The predicted molar refractivity (Wildman–Crippen MR) is 131 cm³/mol. The number of hydrogen-bond donors (Lipinski definition) is 0. The second-order valence-corrected chi connectivity index (χ2v) is 8.24. The van der Waals surface area contributed by atoms with Crippen molar-refractivity contribution in [1.29, 1.82) is 5.26 Å². The average molecular weight is 519 g/mol. The molecule has 0 atom stereocenters. The number of nitro groups is 1. The summed E-state index contributed by atoms with van der Waals surface area (Å²) in [4.78, 5) is 14.7. The number of non-ortho nitro benzene ring substituents is 1. The van der Waals surface area contributed by atoms with Gasteiger partial charge >= 0.3 is 0 Å². The van der Waals surface area contributed by atoms with E-state index < -0.39 is 4.92 Å². The minimum atomic E-state index is -0.443. The van der Waals surface area contributed by atoms with Crippen molar-refractivity contribution in [3.05, 3.63) is 98.3 Å². The van der Waals surface area contributed by atoms with Crippen LogP contribution in [0.3, 0.4) is 0 Å². The van der Waals surface area contributed by atoms with Crippen LogP contribution in [0.1, 0.15) is 11.1 Å². The fourth-order valence-corrected chi connectivity index (χ4v) is 4.04. The first kappa shape index (κ1) is 23.0. The topological polar surface area (TPSA) is 103 Å². The molecule has 0 unspecified atom stereocenters. The van der Waals surface area contributed by atoms with Crippen LogP contribution < -0.4 is 9.47 Å². The number of allylic oxidation sites excluding steroid dienone is 1. The van der Waals surface area contributed by atoms with Crippen LogP contribution in [0.15, 0.2) is 77.0 Å². The van der Waals surface area contributed by atoms with Crippen molar-refractivity contribution >= 4 is 38.7 Å². The Bertz CT molecular complexity index is 1420. The van der Waals surface area contributed by atoms with Crippen molar-refractivity contribution in [1.82, 2.24) is 9.55 Å². The lowest BCUT2D eigenvalue weighted by molar-refractivity contribution is -0.384. The molecule has 4 rings (SSSR count). The molecule has 0 saturated heterocycles. The number of methoxy groups -OCH3 is 1. The molecule has 0 amide bonds. The zero-order valence-corrected chi connectivity index (χ0v) is 19.7.